The molecule has 0 radical (unpaired) electrons. The van der Waals surface area contributed by atoms with E-state index in [4.69, 9.17) is 16.3 Å². The number of aromatic nitrogens is 1. The van der Waals surface area contributed by atoms with Crippen molar-refractivity contribution in [1.29, 1.82) is 0 Å². The van der Waals surface area contributed by atoms with Crippen molar-refractivity contribution in [3.8, 4) is 11.4 Å². The summed E-state index contributed by atoms with van der Waals surface area (Å²) in [5, 5.41) is 3.38. The number of carbonyl (C=O) groups is 2. The molecule has 0 spiro atoms. The molecule has 1 aromatic heterocycles. The highest BCUT2D eigenvalue weighted by Gasteiger charge is 2.20. The molecule has 0 saturated carbocycles. The molecule has 0 unspecified atom stereocenters. The van der Waals surface area contributed by atoms with Crippen LogP contribution in [0.2, 0.25) is 5.02 Å². The van der Waals surface area contributed by atoms with Crippen LogP contribution in [0.4, 0.5) is 0 Å². The fraction of sp³-hybridized carbons (Fsp3) is 0.250. The van der Waals surface area contributed by atoms with Crippen molar-refractivity contribution in [2.24, 2.45) is 0 Å². The Morgan fingerprint density at radius 3 is 2.48 bits per heavy atom. The molecule has 6 nitrogen and oxygen atoms in total. The van der Waals surface area contributed by atoms with E-state index in [0.29, 0.717) is 35.8 Å². The Morgan fingerprint density at radius 1 is 1.13 bits per heavy atom. The number of rotatable bonds is 7. The molecule has 2 aromatic carbocycles. The third-order valence-electron chi connectivity index (χ3n) is 5.42. The maximum Gasteiger partial charge on any atom is 0.255 e. The number of halogens is 1. The second kappa shape index (κ2) is 9.27. The predicted molar refractivity (Wildman–Crippen MR) is 120 cm³/mol. The van der Waals surface area contributed by atoms with E-state index >= 15 is 0 Å². The summed E-state index contributed by atoms with van der Waals surface area (Å²) < 4.78 is 7.30. The predicted octanol–water partition coefficient (Wildman–Crippen LogP) is 4.19. The van der Waals surface area contributed by atoms with Gasteiger partial charge < -0.3 is 19.5 Å². The average molecular weight is 438 g/mol. The summed E-state index contributed by atoms with van der Waals surface area (Å²) >= 11 is 6.42. The van der Waals surface area contributed by atoms with Crippen LogP contribution in [-0.2, 0) is 17.9 Å². The first-order chi connectivity index (χ1) is 15.0. The van der Waals surface area contributed by atoms with Gasteiger partial charge in [0.2, 0.25) is 5.91 Å². The quantitative estimate of drug-likeness (QED) is 0.602. The third kappa shape index (κ3) is 4.75. The van der Waals surface area contributed by atoms with Crippen LogP contribution in [0.5, 0.6) is 5.75 Å². The van der Waals surface area contributed by atoms with Crippen LogP contribution >= 0.6 is 11.6 Å². The Balaban J connectivity index is 1.41. The monoisotopic (exact) mass is 437 g/mol. The number of ether oxygens (including phenoxy) is 1. The van der Waals surface area contributed by atoms with Gasteiger partial charge in [0.1, 0.15) is 5.75 Å². The molecule has 1 saturated heterocycles. The van der Waals surface area contributed by atoms with Crippen LogP contribution < -0.4 is 10.1 Å². The lowest BCUT2D eigenvalue weighted by atomic mass is 10.1. The Hall–Kier alpha value is -3.25. The molecule has 0 aliphatic carbocycles. The largest absolute Gasteiger partial charge is 0.496 e. The van der Waals surface area contributed by atoms with Crippen molar-refractivity contribution in [3.63, 3.8) is 0 Å². The molecule has 1 aliphatic rings. The second-order valence-electron chi connectivity index (χ2n) is 7.51. The van der Waals surface area contributed by atoms with Gasteiger partial charge in [-0.1, -0.05) is 35.9 Å². The zero-order chi connectivity index (χ0) is 21.8. The molecule has 0 bridgehead atoms. The number of hydrogen-bond donors (Lipinski definition) is 1. The third-order valence-corrected chi connectivity index (χ3v) is 5.72. The first-order valence-electron chi connectivity index (χ1n) is 10.2. The van der Waals surface area contributed by atoms with Crippen LogP contribution in [0.3, 0.4) is 0 Å². The van der Waals surface area contributed by atoms with Crippen molar-refractivity contribution < 1.29 is 14.3 Å². The number of benzene rings is 2. The Labute approximate surface area is 186 Å². The minimum atomic E-state index is -0.260. The van der Waals surface area contributed by atoms with Gasteiger partial charge in [-0.2, -0.15) is 0 Å². The molecular weight excluding hydrogens is 414 g/mol. The molecule has 2 heterocycles. The van der Waals surface area contributed by atoms with Gasteiger partial charge in [-0.3, -0.25) is 9.59 Å². The highest BCUT2D eigenvalue weighted by molar-refractivity contribution is 6.33. The summed E-state index contributed by atoms with van der Waals surface area (Å²) in [6, 6.07) is 15.1. The van der Waals surface area contributed by atoms with Crippen LogP contribution in [-0.4, -0.2) is 34.9 Å². The van der Waals surface area contributed by atoms with Gasteiger partial charge in [-0.25, -0.2) is 0 Å². The smallest absolute Gasteiger partial charge is 0.255 e. The van der Waals surface area contributed by atoms with E-state index in [0.717, 1.165) is 29.8 Å². The van der Waals surface area contributed by atoms with E-state index in [1.54, 1.807) is 12.1 Å². The number of amides is 2. The molecule has 2 amide bonds. The van der Waals surface area contributed by atoms with E-state index in [1.807, 2.05) is 58.3 Å². The highest BCUT2D eigenvalue weighted by atomic mass is 35.5. The second-order valence-corrected chi connectivity index (χ2v) is 7.92. The fourth-order valence-corrected chi connectivity index (χ4v) is 3.97. The van der Waals surface area contributed by atoms with Gasteiger partial charge in [0, 0.05) is 44.5 Å². The van der Waals surface area contributed by atoms with E-state index < -0.39 is 0 Å². The van der Waals surface area contributed by atoms with Crippen molar-refractivity contribution in [3.05, 3.63) is 82.6 Å². The van der Waals surface area contributed by atoms with E-state index in [2.05, 4.69) is 5.32 Å². The SMILES string of the molecule is COc1cc(-n2cccc2)c(Cl)cc1C(=O)NCc1ccc(CN2CCCC2=O)cc1. The zero-order valence-electron chi connectivity index (χ0n) is 17.3. The van der Waals surface area contributed by atoms with Gasteiger partial charge in [0.05, 0.1) is 23.4 Å². The van der Waals surface area contributed by atoms with Crippen LogP contribution in [0.1, 0.15) is 34.3 Å². The van der Waals surface area contributed by atoms with Crippen molar-refractivity contribution >= 4 is 23.4 Å². The molecule has 160 valence electrons. The Kier molecular flexibility index (Phi) is 6.28. The number of methoxy groups -OCH3 is 1. The minimum Gasteiger partial charge on any atom is -0.496 e. The first-order valence-corrected chi connectivity index (χ1v) is 10.6. The standard InChI is InChI=1S/C24H24ClN3O3/c1-31-22-14-21(27-10-2-3-11-27)20(25)13-19(22)24(30)26-15-17-6-8-18(9-7-17)16-28-12-4-5-23(28)29/h2-3,6-11,13-14H,4-5,12,15-16H2,1H3,(H,26,30). The van der Waals surface area contributed by atoms with Crippen LogP contribution in [0.15, 0.2) is 60.9 Å². The minimum absolute atomic E-state index is 0.215. The van der Waals surface area contributed by atoms with Crippen molar-refractivity contribution in [2.45, 2.75) is 25.9 Å². The molecule has 1 N–H and O–H groups in total. The number of hydrogen-bond acceptors (Lipinski definition) is 3. The zero-order valence-corrected chi connectivity index (χ0v) is 18.1. The number of nitrogens with zero attached hydrogens (tertiary/aromatic N) is 2. The average Bonchev–Trinajstić information content (AvgIpc) is 3.45. The molecule has 0 atom stereocenters. The van der Waals surface area contributed by atoms with E-state index in [9.17, 15) is 9.59 Å². The topological polar surface area (TPSA) is 63.6 Å². The Bertz CT molecular complexity index is 1080. The number of carbonyl (C=O) groups excluding carboxylic acids is 2. The van der Waals surface area contributed by atoms with Crippen LogP contribution in [0.25, 0.3) is 5.69 Å². The molecule has 31 heavy (non-hydrogen) atoms. The normalized spacial score (nSPS) is 13.5. The highest BCUT2D eigenvalue weighted by Crippen LogP contribution is 2.30. The molecule has 4 rings (SSSR count). The molecule has 7 heteroatoms. The van der Waals surface area contributed by atoms with Gasteiger partial charge in [0.15, 0.2) is 0 Å². The van der Waals surface area contributed by atoms with Gasteiger partial charge in [-0.15, -0.1) is 0 Å². The van der Waals surface area contributed by atoms with Crippen LogP contribution in [0, 0.1) is 0 Å². The number of nitrogens with one attached hydrogen (secondary N) is 1. The molecule has 3 aromatic rings. The number of likely N-dealkylation sites (tertiary alicyclic amines) is 1. The van der Waals surface area contributed by atoms with Crippen molar-refractivity contribution in [1.82, 2.24) is 14.8 Å². The summed E-state index contributed by atoms with van der Waals surface area (Å²) in [7, 11) is 1.53. The lowest BCUT2D eigenvalue weighted by Crippen LogP contribution is -2.24. The summed E-state index contributed by atoms with van der Waals surface area (Å²) in [4.78, 5) is 26.4. The molecule has 1 aliphatic heterocycles. The fourth-order valence-electron chi connectivity index (χ4n) is 3.71. The molecule has 1 fully saturated rings. The molecular formula is C24H24ClN3O3. The maximum absolute atomic E-state index is 12.8. The summed E-state index contributed by atoms with van der Waals surface area (Å²) in [5.74, 6) is 0.410. The van der Waals surface area contributed by atoms with E-state index in [1.165, 1.54) is 7.11 Å². The van der Waals surface area contributed by atoms with Gasteiger partial charge >= 0.3 is 0 Å². The Morgan fingerprint density at radius 2 is 1.84 bits per heavy atom. The van der Waals surface area contributed by atoms with Crippen molar-refractivity contribution in [2.75, 3.05) is 13.7 Å². The summed E-state index contributed by atoms with van der Waals surface area (Å²) in [6.07, 6.45) is 5.33. The van der Waals surface area contributed by atoms with Gasteiger partial charge in [0.25, 0.3) is 5.91 Å². The summed E-state index contributed by atoms with van der Waals surface area (Å²) in [6.45, 7) is 1.83. The first kappa shape index (κ1) is 21.0. The van der Waals surface area contributed by atoms with E-state index in [-0.39, 0.29) is 11.8 Å². The summed E-state index contributed by atoms with van der Waals surface area (Å²) in [5.41, 5.74) is 3.18. The maximum atomic E-state index is 12.8. The lowest BCUT2D eigenvalue weighted by molar-refractivity contribution is -0.128. The van der Waals surface area contributed by atoms with Gasteiger partial charge in [-0.05, 0) is 35.7 Å². The lowest BCUT2D eigenvalue weighted by Gasteiger charge is -2.16.